The number of pyridine rings is 1. The van der Waals surface area contributed by atoms with Gasteiger partial charge in [-0.3, -0.25) is 14.4 Å². The quantitative estimate of drug-likeness (QED) is 0.479. The van der Waals surface area contributed by atoms with Crippen molar-refractivity contribution in [1.82, 2.24) is 10.3 Å². The van der Waals surface area contributed by atoms with Gasteiger partial charge >= 0.3 is 0 Å². The SMILES string of the molecule is CCc1ccccc1N(CC(=O)NCc1ccc(F)cc1)C(=O)CCC(=O)Nc1ccccn1. The van der Waals surface area contributed by atoms with E-state index in [1.807, 2.05) is 19.1 Å². The van der Waals surface area contributed by atoms with Crippen molar-refractivity contribution in [3.8, 4) is 0 Å². The van der Waals surface area contributed by atoms with E-state index in [2.05, 4.69) is 15.6 Å². The number of aryl methyl sites for hydroxylation is 1. The van der Waals surface area contributed by atoms with Crippen LogP contribution in [0.3, 0.4) is 0 Å². The molecule has 0 unspecified atom stereocenters. The Kier molecular flexibility index (Phi) is 8.85. The van der Waals surface area contributed by atoms with E-state index in [-0.39, 0.29) is 49.5 Å². The second-order valence-electron chi connectivity index (χ2n) is 7.63. The van der Waals surface area contributed by atoms with Crippen molar-refractivity contribution in [3.63, 3.8) is 0 Å². The van der Waals surface area contributed by atoms with Crippen LogP contribution in [0.2, 0.25) is 0 Å². The molecule has 3 rings (SSSR count). The second kappa shape index (κ2) is 12.2. The Labute approximate surface area is 198 Å². The number of nitrogens with one attached hydrogen (secondary N) is 2. The molecule has 2 aromatic carbocycles. The van der Waals surface area contributed by atoms with Gasteiger partial charge in [0.15, 0.2) is 0 Å². The van der Waals surface area contributed by atoms with Gasteiger partial charge in [0.05, 0.1) is 0 Å². The van der Waals surface area contributed by atoms with Crippen LogP contribution in [0.1, 0.15) is 30.9 Å². The van der Waals surface area contributed by atoms with E-state index >= 15 is 0 Å². The van der Waals surface area contributed by atoms with Crippen LogP contribution in [0.15, 0.2) is 72.9 Å². The molecule has 0 spiro atoms. The van der Waals surface area contributed by atoms with Crippen LogP contribution >= 0.6 is 0 Å². The van der Waals surface area contributed by atoms with Crippen molar-refractivity contribution in [2.45, 2.75) is 32.7 Å². The van der Waals surface area contributed by atoms with Crippen LogP contribution in [0, 0.1) is 5.82 Å². The third-order valence-electron chi connectivity index (χ3n) is 5.17. The lowest BCUT2D eigenvalue weighted by Gasteiger charge is -2.25. The number of rotatable bonds is 10. The van der Waals surface area contributed by atoms with Gasteiger partial charge in [0.2, 0.25) is 17.7 Å². The molecule has 0 saturated carbocycles. The van der Waals surface area contributed by atoms with Gasteiger partial charge in [0.25, 0.3) is 0 Å². The molecule has 34 heavy (non-hydrogen) atoms. The summed E-state index contributed by atoms with van der Waals surface area (Å²) >= 11 is 0. The highest BCUT2D eigenvalue weighted by molar-refractivity contribution is 6.01. The fraction of sp³-hybridized carbons (Fsp3) is 0.231. The second-order valence-corrected chi connectivity index (χ2v) is 7.63. The van der Waals surface area contributed by atoms with Crippen LogP contribution in [-0.2, 0) is 27.3 Å². The highest BCUT2D eigenvalue weighted by atomic mass is 19.1. The van der Waals surface area contributed by atoms with Crippen molar-refractivity contribution in [2.24, 2.45) is 0 Å². The van der Waals surface area contributed by atoms with Crippen molar-refractivity contribution in [1.29, 1.82) is 0 Å². The number of halogens is 1. The molecular weight excluding hydrogens is 435 g/mol. The largest absolute Gasteiger partial charge is 0.350 e. The lowest BCUT2D eigenvalue weighted by molar-refractivity contribution is -0.125. The smallest absolute Gasteiger partial charge is 0.240 e. The molecule has 1 aromatic heterocycles. The summed E-state index contributed by atoms with van der Waals surface area (Å²) in [5.74, 6) is -0.976. The van der Waals surface area contributed by atoms with Gasteiger partial charge < -0.3 is 15.5 Å². The average Bonchev–Trinajstić information content (AvgIpc) is 2.86. The van der Waals surface area contributed by atoms with Crippen LogP contribution in [0.25, 0.3) is 0 Å². The highest BCUT2D eigenvalue weighted by Gasteiger charge is 2.22. The van der Waals surface area contributed by atoms with Crippen molar-refractivity contribution in [3.05, 3.63) is 89.9 Å². The van der Waals surface area contributed by atoms with E-state index in [1.165, 1.54) is 17.0 Å². The Balaban J connectivity index is 1.66. The topological polar surface area (TPSA) is 91.4 Å². The molecule has 0 atom stereocenters. The minimum absolute atomic E-state index is 0.0442. The van der Waals surface area contributed by atoms with Gasteiger partial charge in [-0.25, -0.2) is 9.37 Å². The first-order valence-corrected chi connectivity index (χ1v) is 11.1. The number of para-hydroxylation sites is 1. The predicted octanol–water partition coefficient (Wildman–Crippen LogP) is 3.85. The summed E-state index contributed by atoms with van der Waals surface area (Å²) in [4.78, 5) is 43.5. The molecular formula is C26H27FN4O3. The summed E-state index contributed by atoms with van der Waals surface area (Å²) in [7, 11) is 0. The molecule has 176 valence electrons. The lowest BCUT2D eigenvalue weighted by atomic mass is 10.1. The van der Waals surface area contributed by atoms with Crippen molar-refractivity contribution in [2.75, 3.05) is 16.8 Å². The van der Waals surface area contributed by atoms with Crippen molar-refractivity contribution >= 4 is 29.2 Å². The van der Waals surface area contributed by atoms with Gasteiger partial charge in [-0.2, -0.15) is 0 Å². The number of benzene rings is 2. The molecule has 3 aromatic rings. The van der Waals surface area contributed by atoms with E-state index in [4.69, 9.17) is 0 Å². The fourth-order valence-corrected chi connectivity index (χ4v) is 3.38. The Hall–Kier alpha value is -4.07. The molecule has 8 heteroatoms. The Bertz CT molecular complexity index is 1120. The van der Waals surface area contributed by atoms with Crippen LogP contribution < -0.4 is 15.5 Å². The monoisotopic (exact) mass is 462 g/mol. The first-order chi connectivity index (χ1) is 16.5. The van der Waals surface area contributed by atoms with Gasteiger partial charge in [-0.05, 0) is 47.9 Å². The summed E-state index contributed by atoms with van der Waals surface area (Å²) in [6, 6.07) is 18.3. The summed E-state index contributed by atoms with van der Waals surface area (Å²) in [6.07, 6.45) is 2.13. The first kappa shape index (κ1) is 24.6. The third-order valence-corrected chi connectivity index (χ3v) is 5.17. The van der Waals surface area contributed by atoms with Gasteiger partial charge in [-0.15, -0.1) is 0 Å². The summed E-state index contributed by atoms with van der Waals surface area (Å²) in [6.45, 7) is 1.98. The van der Waals surface area contributed by atoms with Crippen LogP contribution in [-0.4, -0.2) is 29.3 Å². The molecule has 2 N–H and O–H groups in total. The normalized spacial score (nSPS) is 10.4. The maximum absolute atomic E-state index is 13.1. The number of aromatic nitrogens is 1. The molecule has 0 bridgehead atoms. The maximum atomic E-state index is 13.1. The van der Waals surface area contributed by atoms with E-state index in [9.17, 15) is 18.8 Å². The summed E-state index contributed by atoms with van der Waals surface area (Å²) < 4.78 is 13.1. The van der Waals surface area contributed by atoms with Crippen molar-refractivity contribution < 1.29 is 18.8 Å². The summed E-state index contributed by atoms with van der Waals surface area (Å²) in [5, 5.41) is 5.42. The summed E-state index contributed by atoms with van der Waals surface area (Å²) in [5.41, 5.74) is 2.30. The van der Waals surface area contributed by atoms with Gasteiger partial charge in [-0.1, -0.05) is 43.3 Å². The third kappa shape index (κ3) is 7.23. The van der Waals surface area contributed by atoms with Crippen LogP contribution in [0.4, 0.5) is 15.9 Å². The molecule has 0 aliphatic rings. The number of anilines is 2. The zero-order valence-electron chi connectivity index (χ0n) is 19.0. The Morgan fingerprint density at radius 3 is 2.35 bits per heavy atom. The number of hydrogen-bond acceptors (Lipinski definition) is 4. The number of hydrogen-bond donors (Lipinski definition) is 2. The van der Waals surface area contributed by atoms with E-state index in [1.54, 1.807) is 48.7 Å². The first-order valence-electron chi connectivity index (χ1n) is 11.1. The standard InChI is InChI=1S/C26H27FN4O3/c1-2-20-7-3-4-8-22(20)31(18-25(33)29-17-19-10-12-21(27)13-11-19)26(34)15-14-24(32)30-23-9-5-6-16-28-23/h3-13,16H,2,14-15,17-18H2,1H3,(H,29,33)(H,28,30,32). The Morgan fingerprint density at radius 1 is 0.912 bits per heavy atom. The fourth-order valence-electron chi connectivity index (χ4n) is 3.38. The molecule has 0 fully saturated rings. The van der Waals surface area contributed by atoms with Gasteiger partial charge in [0, 0.05) is 31.3 Å². The van der Waals surface area contributed by atoms with E-state index in [0.29, 0.717) is 17.9 Å². The maximum Gasteiger partial charge on any atom is 0.240 e. The molecule has 0 aliphatic heterocycles. The number of nitrogens with zero attached hydrogens (tertiary/aromatic N) is 2. The van der Waals surface area contributed by atoms with E-state index < -0.39 is 0 Å². The zero-order chi connectivity index (χ0) is 24.3. The number of carbonyl (C=O) groups excluding carboxylic acids is 3. The van der Waals surface area contributed by atoms with E-state index in [0.717, 1.165) is 11.1 Å². The molecule has 3 amide bonds. The average molecular weight is 463 g/mol. The van der Waals surface area contributed by atoms with Crippen LogP contribution in [0.5, 0.6) is 0 Å². The molecule has 1 heterocycles. The molecule has 0 saturated heterocycles. The minimum Gasteiger partial charge on any atom is -0.350 e. The molecule has 0 radical (unpaired) electrons. The van der Waals surface area contributed by atoms with Gasteiger partial charge in [0.1, 0.15) is 18.2 Å². The lowest BCUT2D eigenvalue weighted by Crippen LogP contribution is -2.41. The molecule has 7 nitrogen and oxygen atoms in total. The zero-order valence-corrected chi connectivity index (χ0v) is 19.0. The minimum atomic E-state index is -0.360. The number of carbonyl (C=O) groups is 3. The highest BCUT2D eigenvalue weighted by Crippen LogP contribution is 2.22. The predicted molar refractivity (Wildman–Crippen MR) is 129 cm³/mol. The number of amides is 3. The Morgan fingerprint density at radius 2 is 1.65 bits per heavy atom. The molecule has 0 aliphatic carbocycles.